The third-order valence-electron chi connectivity index (χ3n) is 2.02. The normalized spacial score (nSPS) is 8.64. The average Bonchev–Trinajstić information content (AvgIpc) is 2.58. The van der Waals surface area contributed by atoms with Crippen molar-refractivity contribution in [1.29, 1.82) is 0 Å². The monoisotopic (exact) mass is 394 g/mol. The van der Waals surface area contributed by atoms with Gasteiger partial charge in [-0.15, -0.1) is 0 Å². The molecule has 0 amide bonds. The SMILES string of the molecule is C[CH-]C.[CH2-]CCNCCN.[CH2-]CCNCCN.[CH2-]CCNCCN.[Ti+4]. The molecule has 0 aliphatic rings. The minimum Gasteiger partial charge on any atom is -0.342 e. The van der Waals surface area contributed by atoms with Crippen LogP contribution in [0.4, 0.5) is 0 Å². The summed E-state index contributed by atoms with van der Waals surface area (Å²) in [5.74, 6) is 0. The Labute approximate surface area is 174 Å². The van der Waals surface area contributed by atoms with E-state index in [1.54, 1.807) is 0 Å². The summed E-state index contributed by atoms with van der Waals surface area (Å²) in [5, 5.41) is 9.29. The first kappa shape index (κ1) is 36.4. The van der Waals surface area contributed by atoms with Crippen molar-refractivity contribution in [3.8, 4) is 0 Å². The first-order valence-corrected chi connectivity index (χ1v) is 9.00. The van der Waals surface area contributed by atoms with Crippen LogP contribution >= 0.6 is 0 Å². The molecule has 6 nitrogen and oxygen atoms in total. The van der Waals surface area contributed by atoms with Crippen LogP contribution in [0.15, 0.2) is 0 Å². The van der Waals surface area contributed by atoms with Crippen molar-refractivity contribution < 1.29 is 21.7 Å². The molecule has 0 aliphatic heterocycles. The van der Waals surface area contributed by atoms with Crippen molar-refractivity contribution in [2.75, 3.05) is 58.9 Å². The summed E-state index contributed by atoms with van der Waals surface area (Å²) >= 11 is 0. The van der Waals surface area contributed by atoms with Crippen molar-refractivity contribution in [2.45, 2.75) is 33.1 Å². The van der Waals surface area contributed by atoms with Gasteiger partial charge in [0.1, 0.15) is 0 Å². The van der Waals surface area contributed by atoms with Crippen LogP contribution < -0.4 is 33.2 Å². The molecule has 0 aromatic rings. The molecule has 0 saturated heterocycles. The number of nitrogens with one attached hydrogen (secondary N) is 3. The summed E-state index contributed by atoms with van der Waals surface area (Å²) in [5.41, 5.74) is 15.6. The Morgan fingerprint density at radius 2 is 0.800 bits per heavy atom. The second kappa shape index (κ2) is 49.7. The zero-order valence-electron chi connectivity index (χ0n) is 16.9. The van der Waals surface area contributed by atoms with E-state index in [9.17, 15) is 0 Å². The number of hydrogen-bond acceptors (Lipinski definition) is 6. The Balaban J connectivity index is -0.0000000727. The Kier molecular flexibility index (Phi) is 72.4. The van der Waals surface area contributed by atoms with E-state index in [0.29, 0.717) is 0 Å². The molecule has 0 atom stereocenters. The molecule has 0 rings (SSSR count). The van der Waals surface area contributed by atoms with E-state index >= 15 is 0 Å². The first-order valence-electron chi connectivity index (χ1n) is 9.00. The molecule has 0 spiro atoms. The van der Waals surface area contributed by atoms with Gasteiger partial charge in [-0.3, -0.25) is 0 Å². The molecule has 0 aliphatic carbocycles. The van der Waals surface area contributed by atoms with Crippen molar-refractivity contribution in [3.63, 3.8) is 0 Å². The summed E-state index contributed by atoms with van der Waals surface area (Å²) < 4.78 is 0. The quantitative estimate of drug-likeness (QED) is 0.163. The van der Waals surface area contributed by atoms with Gasteiger partial charge in [-0.1, -0.05) is 0 Å². The Morgan fingerprint density at radius 3 is 0.920 bits per heavy atom. The Morgan fingerprint density at radius 1 is 0.600 bits per heavy atom. The van der Waals surface area contributed by atoms with Gasteiger partial charge >= 0.3 is 21.7 Å². The van der Waals surface area contributed by atoms with Gasteiger partial charge in [0, 0.05) is 39.3 Å². The second-order valence-corrected chi connectivity index (χ2v) is 4.75. The van der Waals surface area contributed by atoms with Gasteiger partial charge in [0.25, 0.3) is 0 Å². The van der Waals surface area contributed by atoms with E-state index < -0.39 is 0 Å². The van der Waals surface area contributed by atoms with Crippen LogP contribution in [0.3, 0.4) is 0 Å². The third-order valence-corrected chi connectivity index (χ3v) is 2.02. The van der Waals surface area contributed by atoms with Crippen LogP contribution in [0.25, 0.3) is 0 Å². The number of hydrogen-bond donors (Lipinski definition) is 6. The van der Waals surface area contributed by atoms with Gasteiger partial charge in [-0.2, -0.15) is 33.1 Å². The molecule has 0 aromatic carbocycles. The number of rotatable bonds is 12. The molecule has 0 radical (unpaired) electrons. The summed E-state index contributed by atoms with van der Waals surface area (Å²) in [6.45, 7) is 22.8. The van der Waals surface area contributed by atoms with Crippen LogP contribution in [0.1, 0.15) is 33.1 Å². The number of nitrogens with two attached hydrogens (primary N) is 3. The van der Waals surface area contributed by atoms with Crippen molar-refractivity contribution in [3.05, 3.63) is 27.2 Å². The summed E-state index contributed by atoms with van der Waals surface area (Å²) in [6.07, 6.45) is 4.83. The molecule has 0 unspecified atom stereocenters. The Bertz CT molecular complexity index is 118. The van der Waals surface area contributed by atoms with Crippen molar-refractivity contribution >= 4 is 0 Å². The summed E-state index contributed by atoms with van der Waals surface area (Å²) in [4.78, 5) is 0. The summed E-state index contributed by atoms with van der Waals surface area (Å²) in [6, 6.07) is 0. The molecule has 0 saturated carbocycles. The molecular formula is C18H46N6Ti. The van der Waals surface area contributed by atoms with Gasteiger partial charge in [0.05, 0.1) is 0 Å². The average molecular weight is 394 g/mol. The fourth-order valence-corrected chi connectivity index (χ4v) is 1.06. The van der Waals surface area contributed by atoms with Crippen molar-refractivity contribution in [1.82, 2.24) is 16.0 Å². The molecule has 7 heteroatoms. The largest absolute Gasteiger partial charge is 4.00 e. The zero-order chi connectivity index (χ0) is 19.3. The van der Waals surface area contributed by atoms with Crippen LogP contribution in [0, 0.1) is 27.2 Å². The smallest absolute Gasteiger partial charge is 0.342 e. The topological polar surface area (TPSA) is 114 Å². The minimum absolute atomic E-state index is 0. The van der Waals surface area contributed by atoms with Crippen LogP contribution in [0.2, 0.25) is 0 Å². The first-order chi connectivity index (χ1) is 11.7. The maximum absolute atomic E-state index is 5.19. The molecule has 0 heterocycles. The van der Waals surface area contributed by atoms with E-state index in [-0.39, 0.29) is 21.7 Å². The van der Waals surface area contributed by atoms with Gasteiger partial charge in [0.15, 0.2) is 0 Å². The molecule has 0 fully saturated rings. The Hall–Kier alpha value is 0.474. The second-order valence-electron chi connectivity index (χ2n) is 4.75. The third kappa shape index (κ3) is 79.4. The van der Waals surface area contributed by atoms with E-state index in [1.165, 1.54) is 0 Å². The fraction of sp³-hybridized carbons (Fsp3) is 0.778. The van der Waals surface area contributed by atoms with Gasteiger partial charge < -0.3 is 60.3 Å². The minimum atomic E-state index is 0. The summed E-state index contributed by atoms with van der Waals surface area (Å²) in [7, 11) is 0. The van der Waals surface area contributed by atoms with E-state index in [4.69, 9.17) is 17.2 Å². The molecule has 25 heavy (non-hydrogen) atoms. The van der Waals surface area contributed by atoms with Crippen LogP contribution in [-0.4, -0.2) is 58.9 Å². The predicted octanol–water partition coefficient (Wildman–Crippen LogP) is 0.505. The molecule has 9 N–H and O–H groups in total. The molecule has 152 valence electrons. The van der Waals surface area contributed by atoms with Gasteiger partial charge in [-0.05, 0) is 19.6 Å². The standard InChI is InChI=1S/3C5H13N2.C3H7.Ti/c3*1-2-4-7-5-3-6;1-3-2;/h3*7H,1-6H2;3H,1-2H3;/q4*-1;+4. The maximum Gasteiger partial charge on any atom is 4.00 e. The fourth-order valence-electron chi connectivity index (χ4n) is 1.06. The van der Waals surface area contributed by atoms with Crippen LogP contribution in [0.5, 0.6) is 0 Å². The van der Waals surface area contributed by atoms with Gasteiger partial charge in [-0.25, -0.2) is 0 Å². The van der Waals surface area contributed by atoms with Crippen LogP contribution in [-0.2, 0) is 21.7 Å². The van der Waals surface area contributed by atoms with E-state index in [2.05, 4.69) is 36.7 Å². The van der Waals surface area contributed by atoms with E-state index in [0.717, 1.165) is 78.2 Å². The molecular weight excluding hydrogens is 348 g/mol. The molecule has 0 bridgehead atoms. The maximum atomic E-state index is 5.19. The predicted molar refractivity (Wildman–Crippen MR) is 111 cm³/mol. The van der Waals surface area contributed by atoms with E-state index in [1.807, 2.05) is 20.3 Å². The zero-order valence-corrected chi connectivity index (χ0v) is 18.5. The van der Waals surface area contributed by atoms with Crippen molar-refractivity contribution in [2.24, 2.45) is 17.2 Å². The molecule has 0 aromatic heterocycles. The van der Waals surface area contributed by atoms with Gasteiger partial charge in [0.2, 0.25) is 0 Å².